The normalized spacial score (nSPS) is 12.1. The van der Waals surface area contributed by atoms with Crippen LogP contribution in [0.2, 0.25) is 0 Å². The number of anilines is 1. The highest BCUT2D eigenvalue weighted by molar-refractivity contribution is 5.91. The molecule has 0 aliphatic heterocycles. The Labute approximate surface area is 145 Å². The van der Waals surface area contributed by atoms with Gasteiger partial charge in [-0.25, -0.2) is 0 Å². The number of amides is 1. The average molecular weight is 339 g/mol. The summed E-state index contributed by atoms with van der Waals surface area (Å²) in [6, 6.07) is 9.64. The zero-order valence-electron chi connectivity index (χ0n) is 14.3. The molecule has 25 heavy (non-hydrogen) atoms. The molecule has 2 aromatic heterocycles. The van der Waals surface area contributed by atoms with E-state index in [4.69, 9.17) is 10.3 Å². The molecule has 7 heteroatoms. The number of aromatic nitrogens is 3. The van der Waals surface area contributed by atoms with Crippen molar-refractivity contribution in [1.82, 2.24) is 14.9 Å². The minimum atomic E-state index is -0.169. The van der Waals surface area contributed by atoms with E-state index in [1.54, 1.807) is 10.7 Å². The molecular weight excluding hydrogens is 318 g/mol. The van der Waals surface area contributed by atoms with Crippen molar-refractivity contribution in [2.75, 3.05) is 11.9 Å². The molecule has 0 bridgehead atoms. The number of nitrogens with zero attached hydrogens (tertiary/aromatic N) is 3. The van der Waals surface area contributed by atoms with E-state index in [2.05, 4.69) is 15.6 Å². The van der Waals surface area contributed by atoms with Crippen LogP contribution in [0.4, 0.5) is 5.88 Å². The molecule has 0 spiro atoms. The van der Waals surface area contributed by atoms with Crippen molar-refractivity contribution in [3.05, 3.63) is 42.7 Å². The van der Waals surface area contributed by atoms with Gasteiger partial charge in [-0.05, 0) is 18.5 Å². The van der Waals surface area contributed by atoms with Crippen LogP contribution < -0.4 is 11.1 Å². The molecule has 0 fully saturated rings. The molecule has 0 saturated carbocycles. The van der Waals surface area contributed by atoms with E-state index in [1.165, 1.54) is 0 Å². The number of carbonyl (C=O) groups excluding carboxylic acids is 1. The number of nitrogens with one attached hydrogen (secondary N) is 1. The van der Waals surface area contributed by atoms with E-state index in [1.807, 2.05) is 50.6 Å². The summed E-state index contributed by atoms with van der Waals surface area (Å²) in [6.45, 7) is 2.30. The maximum Gasteiger partial charge on any atom is 0.231 e. The van der Waals surface area contributed by atoms with E-state index in [0.717, 1.165) is 16.7 Å². The van der Waals surface area contributed by atoms with Crippen LogP contribution in [-0.2, 0) is 11.8 Å². The van der Waals surface area contributed by atoms with Gasteiger partial charge in [0.1, 0.15) is 5.69 Å². The SMILES string of the molecule is CC(CCN)C(=O)Nc1cc(-c2ccc(-c3cnn(C)c3)cc2)no1. The molecule has 0 saturated heterocycles. The van der Waals surface area contributed by atoms with Gasteiger partial charge >= 0.3 is 0 Å². The third kappa shape index (κ3) is 3.95. The highest BCUT2D eigenvalue weighted by Gasteiger charge is 2.15. The third-order valence-electron chi connectivity index (χ3n) is 4.02. The van der Waals surface area contributed by atoms with Crippen LogP contribution in [0.5, 0.6) is 0 Å². The number of nitrogens with two attached hydrogens (primary N) is 1. The fourth-order valence-corrected chi connectivity index (χ4v) is 2.50. The minimum Gasteiger partial charge on any atom is -0.338 e. The molecular formula is C18H21N5O2. The van der Waals surface area contributed by atoms with Crippen molar-refractivity contribution in [3.8, 4) is 22.4 Å². The van der Waals surface area contributed by atoms with Crippen LogP contribution in [-0.4, -0.2) is 27.4 Å². The minimum absolute atomic E-state index is 0.125. The van der Waals surface area contributed by atoms with Crippen molar-refractivity contribution in [2.45, 2.75) is 13.3 Å². The third-order valence-corrected chi connectivity index (χ3v) is 4.02. The van der Waals surface area contributed by atoms with Gasteiger partial charge in [-0.3, -0.25) is 14.8 Å². The first kappa shape index (κ1) is 16.9. The first-order valence-electron chi connectivity index (χ1n) is 8.14. The van der Waals surface area contributed by atoms with Gasteiger partial charge in [0, 0.05) is 36.4 Å². The Morgan fingerprint density at radius 1 is 1.28 bits per heavy atom. The second-order valence-electron chi connectivity index (χ2n) is 6.02. The van der Waals surface area contributed by atoms with Crippen LogP contribution in [0, 0.1) is 5.92 Å². The fraction of sp³-hybridized carbons (Fsp3) is 0.278. The summed E-state index contributed by atoms with van der Waals surface area (Å²) in [7, 11) is 1.89. The summed E-state index contributed by atoms with van der Waals surface area (Å²) < 4.78 is 6.98. The quantitative estimate of drug-likeness (QED) is 0.719. The highest BCUT2D eigenvalue weighted by Crippen LogP contribution is 2.25. The maximum absolute atomic E-state index is 12.0. The lowest BCUT2D eigenvalue weighted by molar-refractivity contribution is -0.119. The molecule has 1 atom stereocenters. The van der Waals surface area contributed by atoms with Crippen LogP contribution in [0.1, 0.15) is 13.3 Å². The van der Waals surface area contributed by atoms with Crippen molar-refractivity contribution in [1.29, 1.82) is 0 Å². The summed E-state index contributed by atoms with van der Waals surface area (Å²) in [6.07, 6.45) is 4.41. The first-order chi connectivity index (χ1) is 12.1. The van der Waals surface area contributed by atoms with Gasteiger partial charge in [0.2, 0.25) is 11.8 Å². The molecule has 0 aliphatic rings. The molecule has 130 valence electrons. The molecule has 3 aromatic rings. The number of carbonyl (C=O) groups is 1. The molecule has 1 aromatic carbocycles. The summed E-state index contributed by atoms with van der Waals surface area (Å²) >= 11 is 0. The fourth-order valence-electron chi connectivity index (χ4n) is 2.50. The Morgan fingerprint density at radius 2 is 2.00 bits per heavy atom. The van der Waals surface area contributed by atoms with Crippen LogP contribution in [0.25, 0.3) is 22.4 Å². The van der Waals surface area contributed by atoms with Crippen LogP contribution in [0.15, 0.2) is 47.2 Å². The van der Waals surface area contributed by atoms with E-state index in [9.17, 15) is 4.79 Å². The molecule has 7 nitrogen and oxygen atoms in total. The number of hydrogen-bond donors (Lipinski definition) is 2. The Morgan fingerprint density at radius 3 is 2.64 bits per heavy atom. The Bertz CT molecular complexity index is 850. The zero-order valence-corrected chi connectivity index (χ0v) is 14.3. The maximum atomic E-state index is 12.0. The molecule has 1 amide bonds. The van der Waals surface area contributed by atoms with E-state index in [0.29, 0.717) is 24.5 Å². The number of rotatable bonds is 6. The largest absolute Gasteiger partial charge is 0.338 e. The summed E-state index contributed by atoms with van der Waals surface area (Å²) in [4.78, 5) is 12.0. The van der Waals surface area contributed by atoms with Gasteiger partial charge in [0.15, 0.2) is 0 Å². The first-order valence-corrected chi connectivity index (χ1v) is 8.14. The molecule has 3 rings (SSSR count). The zero-order chi connectivity index (χ0) is 17.8. The summed E-state index contributed by atoms with van der Waals surface area (Å²) in [5.41, 5.74) is 9.18. The van der Waals surface area contributed by atoms with Crippen molar-refractivity contribution in [2.24, 2.45) is 18.7 Å². The topological polar surface area (TPSA) is 99.0 Å². The van der Waals surface area contributed by atoms with Gasteiger partial charge in [0.25, 0.3) is 0 Å². The van der Waals surface area contributed by atoms with Crippen molar-refractivity contribution in [3.63, 3.8) is 0 Å². The molecule has 3 N–H and O–H groups in total. The summed E-state index contributed by atoms with van der Waals surface area (Å²) in [5, 5.41) is 10.9. The van der Waals surface area contributed by atoms with E-state index in [-0.39, 0.29) is 11.8 Å². The van der Waals surface area contributed by atoms with Gasteiger partial charge in [0.05, 0.1) is 6.20 Å². The number of benzene rings is 1. The molecule has 0 aliphatic carbocycles. The second kappa shape index (κ2) is 7.31. The summed E-state index contributed by atoms with van der Waals surface area (Å²) in [5.74, 6) is 0.0394. The lowest BCUT2D eigenvalue weighted by Gasteiger charge is -2.07. The van der Waals surface area contributed by atoms with E-state index >= 15 is 0 Å². The predicted octanol–water partition coefficient (Wildman–Crippen LogP) is 2.67. The van der Waals surface area contributed by atoms with Gasteiger partial charge < -0.3 is 10.3 Å². The average Bonchev–Trinajstić information content (AvgIpc) is 3.24. The number of hydrogen-bond acceptors (Lipinski definition) is 5. The second-order valence-corrected chi connectivity index (χ2v) is 6.02. The Hall–Kier alpha value is -2.93. The van der Waals surface area contributed by atoms with Crippen LogP contribution in [0.3, 0.4) is 0 Å². The van der Waals surface area contributed by atoms with Gasteiger partial charge in [-0.2, -0.15) is 5.10 Å². The van der Waals surface area contributed by atoms with Crippen LogP contribution >= 0.6 is 0 Å². The number of aryl methyl sites for hydroxylation is 1. The standard InChI is InChI=1S/C18H21N5O2/c1-12(7-8-19)18(24)21-17-9-16(22-25-17)14-5-3-13(4-6-14)15-10-20-23(2)11-15/h3-6,9-12H,7-8,19H2,1-2H3,(H,21,24). The monoisotopic (exact) mass is 339 g/mol. The molecule has 2 heterocycles. The lowest BCUT2D eigenvalue weighted by Crippen LogP contribution is -2.22. The lowest BCUT2D eigenvalue weighted by atomic mass is 10.1. The Balaban J connectivity index is 1.71. The smallest absolute Gasteiger partial charge is 0.231 e. The highest BCUT2D eigenvalue weighted by atomic mass is 16.5. The van der Waals surface area contributed by atoms with Crippen molar-refractivity contribution < 1.29 is 9.32 Å². The van der Waals surface area contributed by atoms with Gasteiger partial charge in [-0.1, -0.05) is 36.3 Å². The van der Waals surface area contributed by atoms with Crippen molar-refractivity contribution >= 4 is 11.8 Å². The van der Waals surface area contributed by atoms with Gasteiger partial charge in [-0.15, -0.1) is 0 Å². The molecule has 0 radical (unpaired) electrons. The molecule has 1 unspecified atom stereocenters. The van der Waals surface area contributed by atoms with E-state index < -0.39 is 0 Å². The Kier molecular flexibility index (Phi) is 4.95. The predicted molar refractivity (Wildman–Crippen MR) is 95.6 cm³/mol.